The lowest BCUT2D eigenvalue weighted by Crippen LogP contribution is -2.46. The fourth-order valence-electron chi connectivity index (χ4n) is 1.22. The number of halogens is 5. The molecule has 0 aromatic heterocycles. The van der Waals surface area contributed by atoms with E-state index in [-0.39, 0.29) is 0 Å². The monoisotopic (exact) mass is 336 g/mol. The van der Waals surface area contributed by atoms with Crippen LogP contribution in [0.3, 0.4) is 0 Å². The van der Waals surface area contributed by atoms with E-state index in [1.54, 1.807) is 6.26 Å². The van der Waals surface area contributed by atoms with Gasteiger partial charge in [0.1, 0.15) is 5.75 Å². The van der Waals surface area contributed by atoms with E-state index in [0.717, 1.165) is 12.1 Å². The van der Waals surface area contributed by atoms with Gasteiger partial charge in [-0.05, 0) is 36.9 Å². The van der Waals surface area contributed by atoms with E-state index in [2.05, 4.69) is 4.18 Å². The van der Waals surface area contributed by atoms with Crippen molar-refractivity contribution in [3.05, 3.63) is 23.8 Å². The number of benzene rings is 1. The van der Waals surface area contributed by atoms with E-state index in [1.807, 2.05) is 0 Å². The first-order chi connectivity index (χ1) is 8.92. The lowest BCUT2D eigenvalue weighted by atomic mass is 10.2. The summed E-state index contributed by atoms with van der Waals surface area (Å²) in [6.07, 6.45) is -4.53. The van der Waals surface area contributed by atoms with Crippen molar-refractivity contribution in [1.82, 2.24) is 0 Å². The summed E-state index contributed by atoms with van der Waals surface area (Å²) >= 11 is 1.30. The highest BCUT2D eigenvalue weighted by molar-refractivity contribution is 7.98. The van der Waals surface area contributed by atoms with Gasteiger partial charge >= 0.3 is 21.5 Å². The van der Waals surface area contributed by atoms with Gasteiger partial charge in [0.2, 0.25) is 0 Å². The Hall–Kier alpha value is -1.03. The minimum absolute atomic E-state index is 0.487. The molecule has 0 fully saturated rings. The van der Waals surface area contributed by atoms with Crippen molar-refractivity contribution in [3.8, 4) is 5.75 Å². The number of aryl methyl sites for hydroxylation is 1. The summed E-state index contributed by atoms with van der Waals surface area (Å²) in [6, 6.07) is 3.43. The lowest BCUT2D eigenvalue weighted by molar-refractivity contribution is -0.243. The first kappa shape index (κ1) is 17.0. The molecule has 10 heteroatoms. The van der Waals surface area contributed by atoms with Crippen LogP contribution in [0.2, 0.25) is 0 Å². The maximum Gasteiger partial charge on any atom is 0.475 e. The molecular formula is C10H9F5O3S2. The summed E-state index contributed by atoms with van der Waals surface area (Å²) in [4.78, 5) is 0.706. The second-order valence-electron chi connectivity index (χ2n) is 3.68. The van der Waals surface area contributed by atoms with Crippen LogP contribution in [-0.2, 0) is 10.1 Å². The molecular weight excluding hydrogens is 327 g/mol. The zero-order chi connectivity index (χ0) is 15.8. The van der Waals surface area contributed by atoms with Crippen molar-refractivity contribution < 1.29 is 34.6 Å². The quantitative estimate of drug-likeness (QED) is 0.479. The SMILES string of the molecule is CSc1ccc(OS(=O)(=O)C(F)(F)C(F)(F)F)cc1C. The van der Waals surface area contributed by atoms with Crippen LogP contribution in [0.25, 0.3) is 0 Å². The van der Waals surface area contributed by atoms with Crippen molar-refractivity contribution >= 4 is 21.9 Å². The number of thioether (sulfide) groups is 1. The Morgan fingerprint density at radius 1 is 1.15 bits per heavy atom. The van der Waals surface area contributed by atoms with Crippen LogP contribution in [0.4, 0.5) is 22.0 Å². The molecule has 0 aliphatic carbocycles. The van der Waals surface area contributed by atoms with Crippen molar-refractivity contribution in [2.45, 2.75) is 23.3 Å². The Balaban J connectivity index is 3.12. The smallest absolute Gasteiger partial charge is 0.378 e. The molecule has 0 saturated carbocycles. The highest BCUT2D eigenvalue weighted by atomic mass is 32.2. The van der Waals surface area contributed by atoms with E-state index >= 15 is 0 Å². The summed E-state index contributed by atoms with van der Waals surface area (Å²) in [7, 11) is -6.17. The van der Waals surface area contributed by atoms with Crippen LogP contribution >= 0.6 is 11.8 Å². The third-order valence-electron chi connectivity index (χ3n) is 2.22. The number of hydrogen-bond donors (Lipinski definition) is 0. The predicted molar refractivity (Wildman–Crippen MR) is 63.5 cm³/mol. The Kier molecular flexibility index (Phi) is 4.59. The highest BCUT2D eigenvalue weighted by Crippen LogP contribution is 2.41. The highest BCUT2D eigenvalue weighted by Gasteiger charge is 2.69. The van der Waals surface area contributed by atoms with Crippen molar-refractivity contribution in [2.75, 3.05) is 6.26 Å². The van der Waals surface area contributed by atoms with Crippen molar-refractivity contribution in [3.63, 3.8) is 0 Å². The molecule has 20 heavy (non-hydrogen) atoms. The molecule has 0 unspecified atom stereocenters. The van der Waals surface area contributed by atoms with E-state index < -0.39 is 27.3 Å². The van der Waals surface area contributed by atoms with Gasteiger partial charge in [0.25, 0.3) is 0 Å². The molecule has 3 nitrogen and oxygen atoms in total. The molecule has 1 aromatic carbocycles. The molecule has 0 radical (unpaired) electrons. The Labute approximate surface area is 116 Å². The average Bonchev–Trinajstić information content (AvgIpc) is 2.26. The Bertz CT molecular complexity index is 595. The zero-order valence-electron chi connectivity index (χ0n) is 10.2. The fraction of sp³-hybridized carbons (Fsp3) is 0.400. The molecule has 0 N–H and O–H groups in total. The van der Waals surface area contributed by atoms with Crippen LogP contribution in [0.5, 0.6) is 5.75 Å². The summed E-state index contributed by atoms with van der Waals surface area (Å²) in [5, 5.41) is -5.98. The van der Waals surface area contributed by atoms with Crippen LogP contribution in [-0.4, -0.2) is 26.1 Å². The summed E-state index contributed by atoms with van der Waals surface area (Å²) < 4.78 is 87.6. The van der Waals surface area contributed by atoms with Gasteiger partial charge in [-0.2, -0.15) is 30.4 Å². The van der Waals surface area contributed by atoms with E-state index in [9.17, 15) is 30.4 Å². The number of rotatable bonds is 4. The maximum atomic E-state index is 12.8. The van der Waals surface area contributed by atoms with E-state index in [0.29, 0.717) is 10.5 Å². The van der Waals surface area contributed by atoms with Gasteiger partial charge in [-0.15, -0.1) is 11.8 Å². The first-order valence-corrected chi connectivity index (χ1v) is 7.59. The second-order valence-corrected chi connectivity index (χ2v) is 6.12. The summed E-state index contributed by atoms with van der Waals surface area (Å²) in [5.74, 6) is -0.607. The molecule has 0 amide bonds. The minimum atomic E-state index is -6.25. The van der Waals surface area contributed by atoms with Gasteiger partial charge in [-0.1, -0.05) is 0 Å². The molecule has 0 aliphatic heterocycles. The molecule has 1 rings (SSSR count). The second kappa shape index (κ2) is 5.40. The number of alkyl halides is 5. The molecule has 0 aliphatic rings. The van der Waals surface area contributed by atoms with Gasteiger partial charge in [0.05, 0.1) is 0 Å². The van der Waals surface area contributed by atoms with Gasteiger partial charge < -0.3 is 4.18 Å². The standard InChI is InChI=1S/C10H9F5O3S2/c1-6-5-7(3-4-8(6)19-2)18-20(16,17)10(14,15)9(11,12)13/h3-5H,1-2H3. The third-order valence-corrected chi connectivity index (χ3v) is 4.39. The molecule has 0 saturated heterocycles. The van der Waals surface area contributed by atoms with Crippen LogP contribution < -0.4 is 4.18 Å². The largest absolute Gasteiger partial charge is 0.475 e. The van der Waals surface area contributed by atoms with Gasteiger partial charge in [0, 0.05) is 4.90 Å². The summed E-state index contributed by atoms with van der Waals surface area (Å²) in [5.41, 5.74) is 0.487. The summed E-state index contributed by atoms with van der Waals surface area (Å²) in [6.45, 7) is 1.53. The average molecular weight is 336 g/mol. The van der Waals surface area contributed by atoms with Crippen molar-refractivity contribution in [2.24, 2.45) is 0 Å². The molecule has 0 heterocycles. The molecule has 0 atom stereocenters. The molecule has 1 aromatic rings. The first-order valence-electron chi connectivity index (χ1n) is 4.95. The molecule has 114 valence electrons. The number of hydrogen-bond acceptors (Lipinski definition) is 4. The van der Waals surface area contributed by atoms with E-state index in [1.165, 1.54) is 24.8 Å². The topological polar surface area (TPSA) is 43.4 Å². The van der Waals surface area contributed by atoms with Gasteiger partial charge in [-0.3, -0.25) is 0 Å². The molecule has 0 spiro atoms. The van der Waals surface area contributed by atoms with Gasteiger partial charge in [-0.25, -0.2) is 0 Å². The van der Waals surface area contributed by atoms with Gasteiger partial charge in [0.15, 0.2) is 0 Å². The predicted octanol–water partition coefficient (Wildman–Crippen LogP) is 3.58. The zero-order valence-corrected chi connectivity index (χ0v) is 11.8. The minimum Gasteiger partial charge on any atom is -0.378 e. The van der Waals surface area contributed by atoms with E-state index in [4.69, 9.17) is 0 Å². The fourth-order valence-corrected chi connectivity index (χ4v) is 2.55. The van der Waals surface area contributed by atoms with Crippen molar-refractivity contribution in [1.29, 1.82) is 0 Å². The Morgan fingerprint density at radius 2 is 1.70 bits per heavy atom. The lowest BCUT2D eigenvalue weighted by Gasteiger charge is -2.19. The third kappa shape index (κ3) is 3.17. The van der Waals surface area contributed by atoms with Crippen LogP contribution in [0.1, 0.15) is 5.56 Å². The Morgan fingerprint density at radius 3 is 2.10 bits per heavy atom. The normalized spacial score (nSPS) is 13.3. The maximum absolute atomic E-state index is 12.8. The molecule has 0 bridgehead atoms. The van der Waals surface area contributed by atoms with Crippen LogP contribution in [0, 0.1) is 6.92 Å². The van der Waals surface area contributed by atoms with Crippen LogP contribution in [0.15, 0.2) is 23.1 Å².